The number of amides is 3. The molecule has 3 N–H and O–H groups in total. The lowest BCUT2D eigenvalue weighted by atomic mass is 9.98. The highest BCUT2D eigenvalue weighted by molar-refractivity contribution is 5.97. The molecule has 1 aliphatic heterocycles. The summed E-state index contributed by atoms with van der Waals surface area (Å²) in [6, 6.07) is 8.82. The van der Waals surface area contributed by atoms with Crippen molar-refractivity contribution in [2.45, 2.75) is 51.6 Å². The predicted molar refractivity (Wildman–Crippen MR) is 95.7 cm³/mol. The lowest BCUT2D eigenvalue weighted by molar-refractivity contribution is -0.137. The van der Waals surface area contributed by atoms with Gasteiger partial charge in [0, 0.05) is 13.0 Å². The molecule has 0 aromatic heterocycles. The molecule has 0 aliphatic carbocycles. The summed E-state index contributed by atoms with van der Waals surface area (Å²) in [5.74, 6) is -0.157. The summed E-state index contributed by atoms with van der Waals surface area (Å²) in [7, 11) is 0. The summed E-state index contributed by atoms with van der Waals surface area (Å²) in [5.41, 5.74) is 1.16. The van der Waals surface area contributed by atoms with Crippen molar-refractivity contribution in [1.29, 1.82) is 0 Å². The van der Waals surface area contributed by atoms with Crippen LogP contribution in [0.5, 0.6) is 0 Å². The van der Waals surface area contributed by atoms with Crippen molar-refractivity contribution in [2.24, 2.45) is 5.92 Å². The topological polar surface area (TPSA) is 87.3 Å². The smallest absolute Gasteiger partial charge is 0.243 e. The van der Waals surface area contributed by atoms with Gasteiger partial charge in [-0.2, -0.15) is 0 Å². The van der Waals surface area contributed by atoms with E-state index in [0.717, 1.165) is 12.0 Å². The molecule has 1 aromatic rings. The van der Waals surface area contributed by atoms with Crippen molar-refractivity contribution in [3.8, 4) is 0 Å². The van der Waals surface area contributed by atoms with Crippen molar-refractivity contribution in [3.05, 3.63) is 35.9 Å². The van der Waals surface area contributed by atoms with Gasteiger partial charge in [0.2, 0.25) is 17.7 Å². The quantitative estimate of drug-likeness (QED) is 0.661. The minimum absolute atomic E-state index is 0.109. The zero-order chi connectivity index (χ0) is 18.2. The van der Waals surface area contributed by atoms with Crippen LogP contribution in [-0.2, 0) is 20.8 Å². The Labute approximate surface area is 148 Å². The maximum Gasteiger partial charge on any atom is 0.243 e. The largest absolute Gasteiger partial charge is 0.356 e. The van der Waals surface area contributed by atoms with Crippen LogP contribution in [0.25, 0.3) is 0 Å². The minimum Gasteiger partial charge on any atom is -0.356 e. The molecule has 2 rings (SSSR count). The maximum absolute atomic E-state index is 12.1. The molecule has 0 unspecified atom stereocenters. The van der Waals surface area contributed by atoms with Crippen molar-refractivity contribution in [3.63, 3.8) is 0 Å². The van der Waals surface area contributed by atoms with Crippen LogP contribution in [0.15, 0.2) is 30.3 Å². The normalized spacial score (nSPS) is 20.1. The molecule has 25 heavy (non-hydrogen) atoms. The third-order valence-electron chi connectivity index (χ3n) is 4.21. The first-order chi connectivity index (χ1) is 12.0. The van der Waals surface area contributed by atoms with E-state index in [9.17, 15) is 14.4 Å². The molecule has 1 fully saturated rings. The van der Waals surface area contributed by atoms with E-state index in [0.29, 0.717) is 25.3 Å². The molecule has 6 nitrogen and oxygen atoms in total. The highest BCUT2D eigenvalue weighted by Crippen LogP contribution is 2.11. The zero-order valence-electron chi connectivity index (χ0n) is 14.9. The Balaban J connectivity index is 1.69. The maximum atomic E-state index is 12.1. The van der Waals surface area contributed by atoms with Crippen LogP contribution < -0.4 is 16.0 Å². The second-order valence-corrected chi connectivity index (χ2v) is 6.88. The molecule has 136 valence electrons. The number of piperazine rings is 1. The molecule has 1 saturated heterocycles. The summed E-state index contributed by atoms with van der Waals surface area (Å²) in [5, 5.41) is 8.33. The van der Waals surface area contributed by atoms with Gasteiger partial charge in [-0.05, 0) is 30.7 Å². The van der Waals surface area contributed by atoms with Crippen LogP contribution in [0.3, 0.4) is 0 Å². The van der Waals surface area contributed by atoms with Crippen molar-refractivity contribution in [2.75, 3.05) is 6.54 Å². The lowest BCUT2D eigenvalue weighted by Gasteiger charge is -2.30. The molecule has 2 atom stereocenters. The number of carbonyl (C=O) groups is 3. The van der Waals surface area contributed by atoms with E-state index in [-0.39, 0.29) is 24.1 Å². The zero-order valence-corrected chi connectivity index (χ0v) is 14.9. The third-order valence-corrected chi connectivity index (χ3v) is 4.21. The lowest BCUT2D eigenvalue weighted by Crippen LogP contribution is -2.62. The average Bonchev–Trinajstić information content (AvgIpc) is 2.57. The van der Waals surface area contributed by atoms with Gasteiger partial charge in [-0.25, -0.2) is 0 Å². The Morgan fingerprint density at radius 3 is 2.40 bits per heavy atom. The Kier molecular flexibility index (Phi) is 6.98. The highest BCUT2D eigenvalue weighted by atomic mass is 16.2. The summed E-state index contributed by atoms with van der Waals surface area (Å²) in [6.45, 7) is 4.57. The van der Waals surface area contributed by atoms with Gasteiger partial charge in [-0.3, -0.25) is 14.4 Å². The first-order valence-electron chi connectivity index (χ1n) is 8.87. The fourth-order valence-electron chi connectivity index (χ4n) is 2.87. The molecule has 1 heterocycles. The number of carbonyl (C=O) groups excluding carboxylic acids is 3. The number of nitrogens with one attached hydrogen (secondary N) is 3. The van der Waals surface area contributed by atoms with Crippen LogP contribution in [0.1, 0.15) is 38.7 Å². The highest BCUT2D eigenvalue weighted by Gasteiger charge is 2.33. The van der Waals surface area contributed by atoms with E-state index in [2.05, 4.69) is 16.0 Å². The van der Waals surface area contributed by atoms with Crippen molar-refractivity contribution in [1.82, 2.24) is 16.0 Å². The first kappa shape index (κ1) is 19.0. The molecular formula is C19H27N3O3. The van der Waals surface area contributed by atoms with Crippen molar-refractivity contribution >= 4 is 17.7 Å². The molecule has 0 saturated carbocycles. The van der Waals surface area contributed by atoms with Gasteiger partial charge in [0.15, 0.2) is 0 Å². The summed E-state index contributed by atoms with van der Waals surface area (Å²) in [4.78, 5) is 36.0. The monoisotopic (exact) mass is 345 g/mol. The Hall–Kier alpha value is -2.37. The fraction of sp³-hybridized carbons (Fsp3) is 0.526. The second-order valence-electron chi connectivity index (χ2n) is 6.88. The van der Waals surface area contributed by atoms with Gasteiger partial charge in [-0.1, -0.05) is 44.2 Å². The molecular weight excluding hydrogens is 318 g/mol. The predicted octanol–water partition coefficient (Wildman–Crippen LogP) is 1.15. The SMILES string of the molecule is CC(C)C[C@@H]1NC(=O)[C@H](CCC(=O)NCCc2ccccc2)NC1=O. The standard InChI is InChI=1S/C19H27N3O3/c1-13(2)12-16-19(25)21-15(18(24)22-16)8-9-17(23)20-11-10-14-6-4-3-5-7-14/h3-7,13,15-16H,8-12H2,1-2H3,(H,20,23)(H,21,25)(H,22,24)/t15-,16-/m0/s1. The molecule has 0 radical (unpaired) electrons. The Morgan fingerprint density at radius 2 is 1.72 bits per heavy atom. The van der Waals surface area contributed by atoms with Crippen LogP contribution in [0.2, 0.25) is 0 Å². The summed E-state index contributed by atoms with van der Waals surface area (Å²) in [6.07, 6.45) is 1.90. The van der Waals surface area contributed by atoms with Gasteiger partial charge in [0.25, 0.3) is 0 Å². The van der Waals surface area contributed by atoms with E-state index in [1.54, 1.807) is 0 Å². The van der Waals surface area contributed by atoms with Gasteiger partial charge >= 0.3 is 0 Å². The van der Waals surface area contributed by atoms with E-state index >= 15 is 0 Å². The van der Waals surface area contributed by atoms with E-state index in [4.69, 9.17) is 0 Å². The average molecular weight is 345 g/mol. The van der Waals surface area contributed by atoms with Crippen LogP contribution in [-0.4, -0.2) is 36.3 Å². The van der Waals surface area contributed by atoms with Crippen LogP contribution >= 0.6 is 0 Å². The Bertz CT molecular complexity index is 601. The third kappa shape index (κ3) is 6.21. The molecule has 0 bridgehead atoms. The van der Waals surface area contributed by atoms with Crippen molar-refractivity contribution < 1.29 is 14.4 Å². The van der Waals surface area contributed by atoms with E-state index in [1.165, 1.54) is 0 Å². The Morgan fingerprint density at radius 1 is 1.08 bits per heavy atom. The van der Waals surface area contributed by atoms with Gasteiger partial charge in [0.1, 0.15) is 12.1 Å². The molecule has 0 spiro atoms. The molecule has 3 amide bonds. The minimum atomic E-state index is -0.629. The molecule has 6 heteroatoms. The van der Waals surface area contributed by atoms with Gasteiger partial charge in [-0.15, -0.1) is 0 Å². The summed E-state index contributed by atoms with van der Waals surface area (Å²) < 4.78 is 0. The van der Waals surface area contributed by atoms with Gasteiger partial charge < -0.3 is 16.0 Å². The van der Waals surface area contributed by atoms with E-state index < -0.39 is 12.1 Å². The van der Waals surface area contributed by atoms with Crippen LogP contribution in [0, 0.1) is 5.92 Å². The molecule has 1 aromatic carbocycles. The number of rotatable bonds is 8. The second kappa shape index (κ2) is 9.20. The summed E-state index contributed by atoms with van der Waals surface area (Å²) >= 11 is 0. The number of hydrogen-bond donors (Lipinski definition) is 3. The first-order valence-corrected chi connectivity index (χ1v) is 8.87. The number of hydrogen-bond acceptors (Lipinski definition) is 3. The van der Waals surface area contributed by atoms with Crippen LogP contribution in [0.4, 0.5) is 0 Å². The molecule has 1 aliphatic rings. The van der Waals surface area contributed by atoms with E-state index in [1.807, 2.05) is 44.2 Å². The number of benzene rings is 1. The fourth-order valence-corrected chi connectivity index (χ4v) is 2.87. The van der Waals surface area contributed by atoms with Gasteiger partial charge in [0.05, 0.1) is 0 Å².